The van der Waals surface area contributed by atoms with Crippen LogP contribution in [0.3, 0.4) is 0 Å². The second kappa shape index (κ2) is 2.43. The molecule has 8 heteroatoms. The van der Waals surface area contributed by atoms with E-state index in [1.807, 2.05) is 0 Å². The van der Waals surface area contributed by atoms with Crippen LogP contribution in [0.4, 0.5) is 0 Å². The molecule has 0 aromatic rings. The third-order valence-corrected chi connectivity index (χ3v) is 6.50. The highest BCUT2D eigenvalue weighted by atomic mass is 32.3. The molecule has 6 nitrogen and oxygen atoms in total. The zero-order valence-corrected chi connectivity index (χ0v) is 7.43. The zero-order valence-electron chi connectivity index (χ0n) is 5.80. The number of carboxylic acid groups (broad SMARTS) is 1. The van der Waals surface area contributed by atoms with Gasteiger partial charge in [-0.3, -0.25) is 4.79 Å². The Labute approximate surface area is 69.0 Å². The van der Waals surface area contributed by atoms with E-state index in [1.54, 1.807) is 0 Å². The summed E-state index contributed by atoms with van der Waals surface area (Å²) < 4.78 is 43.2. The molecule has 1 atom stereocenters. The van der Waals surface area contributed by atoms with E-state index in [2.05, 4.69) is 0 Å². The fraction of sp³-hybridized carbons (Fsp3) is 0.750. The molecule has 0 bridgehead atoms. The monoisotopic (exact) mass is 214 g/mol. The van der Waals surface area contributed by atoms with Crippen LogP contribution in [0, 0.1) is 0 Å². The predicted octanol–water partition coefficient (Wildman–Crippen LogP) is -1.76. The van der Waals surface area contributed by atoms with Gasteiger partial charge in [0.05, 0.1) is 5.75 Å². The molecule has 1 rings (SSSR count). The maximum Gasteiger partial charge on any atom is 0.322 e. The first-order valence-corrected chi connectivity index (χ1v) is 6.43. The Kier molecular flexibility index (Phi) is 1.91. The Morgan fingerprint density at radius 1 is 1.25 bits per heavy atom. The van der Waals surface area contributed by atoms with Gasteiger partial charge in [-0.2, -0.15) is 0 Å². The summed E-state index contributed by atoms with van der Waals surface area (Å²) in [4.78, 5) is 10.3. The third kappa shape index (κ3) is 1.58. The fourth-order valence-corrected chi connectivity index (χ4v) is 6.35. The molecule has 1 fully saturated rings. The van der Waals surface area contributed by atoms with Crippen LogP contribution in [0.5, 0.6) is 0 Å². The Hall–Kier alpha value is -0.630. The van der Waals surface area contributed by atoms with Crippen molar-refractivity contribution in [2.75, 3.05) is 10.8 Å². The summed E-state index contributed by atoms with van der Waals surface area (Å²) in [5.74, 6) is -2.40. The highest BCUT2D eigenvalue weighted by molar-refractivity contribution is 8.12. The maximum atomic E-state index is 10.9. The van der Waals surface area contributed by atoms with Gasteiger partial charge >= 0.3 is 5.97 Å². The van der Waals surface area contributed by atoms with Gasteiger partial charge in [-0.25, -0.2) is 16.8 Å². The van der Waals surface area contributed by atoms with Crippen LogP contribution in [0.1, 0.15) is 0 Å². The number of aliphatic carboxylic acids is 1. The first-order chi connectivity index (χ1) is 5.25. The molecule has 1 heterocycles. The summed E-state index contributed by atoms with van der Waals surface area (Å²) in [5, 5.41) is 5.52. The van der Waals surface area contributed by atoms with Gasteiger partial charge in [0.2, 0.25) is 0 Å². The average Bonchev–Trinajstić information content (AvgIpc) is 1.99. The lowest BCUT2D eigenvalue weighted by atomic mass is 10.5. The quantitative estimate of drug-likeness (QED) is 0.554. The third-order valence-electron chi connectivity index (χ3n) is 1.46. The standard InChI is InChI=1S/C4H6O6S2/c5-4(6)3-1-11(7,8)2-12(3,9)10/h3H,1-2H2,(H,5,6). The molecule has 0 spiro atoms. The first-order valence-electron chi connectivity index (χ1n) is 2.89. The highest BCUT2D eigenvalue weighted by Crippen LogP contribution is 2.18. The lowest BCUT2D eigenvalue weighted by molar-refractivity contribution is -0.136. The number of hydrogen-bond donors (Lipinski definition) is 1. The Balaban J connectivity index is 3.19. The van der Waals surface area contributed by atoms with Crippen molar-refractivity contribution in [3.63, 3.8) is 0 Å². The normalized spacial score (nSPS) is 31.5. The molecule has 12 heavy (non-hydrogen) atoms. The Morgan fingerprint density at radius 3 is 1.92 bits per heavy atom. The van der Waals surface area contributed by atoms with Gasteiger partial charge < -0.3 is 5.11 Å². The second-order valence-electron chi connectivity index (χ2n) is 2.52. The van der Waals surface area contributed by atoms with Crippen molar-refractivity contribution in [1.82, 2.24) is 0 Å². The van der Waals surface area contributed by atoms with Gasteiger partial charge in [0.15, 0.2) is 30.0 Å². The van der Waals surface area contributed by atoms with Crippen molar-refractivity contribution in [2.45, 2.75) is 5.25 Å². The van der Waals surface area contributed by atoms with Crippen LogP contribution in [-0.2, 0) is 24.5 Å². The van der Waals surface area contributed by atoms with E-state index in [0.29, 0.717) is 0 Å². The summed E-state index contributed by atoms with van der Waals surface area (Å²) in [5.41, 5.74) is 0. The van der Waals surface area contributed by atoms with Gasteiger partial charge in [-0.1, -0.05) is 0 Å². The van der Waals surface area contributed by atoms with Crippen molar-refractivity contribution in [2.24, 2.45) is 0 Å². The minimum atomic E-state index is -3.98. The smallest absolute Gasteiger partial charge is 0.322 e. The highest BCUT2D eigenvalue weighted by Gasteiger charge is 2.46. The summed E-state index contributed by atoms with van der Waals surface area (Å²) in [6, 6.07) is 0. The number of rotatable bonds is 1. The summed E-state index contributed by atoms with van der Waals surface area (Å²) in [7, 11) is -7.70. The Bertz CT molecular complexity index is 401. The minimum absolute atomic E-state index is 0.801. The van der Waals surface area contributed by atoms with Gasteiger partial charge in [-0.05, 0) is 0 Å². The minimum Gasteiger partial charge on any atom is -0.480 e. The lowest BCUT2D eigenvalue weighted by Crippen LogP contribution is -2.28. The van der Waals surface area contributed by atoms with Gasteiger partial charge in [0.1, 0.15) is 0 Å². The molecule has 0 amide bonds. The second-order valence-corrected chi connectivity index (χ2v) is 7.18. The molecule has 1 aliphatic heterocycles. The molecule has 0 aliphatic carbocycles. The van der Waals surface area contributed by atoms with E-state index < -0.39 is 41.7 Å². The fourth-order valence-electron chi connectivity index (χ4n) is 0.940. The van der Waals surface area contributed by atoms with Crippen molar-refractivity contribution in [3.8, 4) is 0 Å². The van der Waals surface area contributed by atoms with Gasteiger partial charge in [0, 0.05) is 0 Å². The van der Waals surface area contributed by atoms with Crippen LogP contribution in [0.15, 0.2) is 0 Å². The number of carbonyl (C=O) groups is 1. The van der Waals surface area contributed by atoms with E-state index in [0.717, 1.165) is 0 Å². The van der Waals surface area contributed by atoms with E-state index in [1.165, 1.54) is 0 Å². The molecule has 1 saturated heterocycles. The molecule has 0 saturated carbocycles. The van der Waals surface area contributed by atoms with Crippen LogP contribution in [0.25, 0.3) is 0 Å². The van der Waals surface area contributed by atoms with Crippen molar-refractivity contribution >= 4 is 25.6 Å². The summed E-state index contributed by atoms with van der Waals surface area (Å²) >= 11 is 0. The largest absolute Gasteiger partial charge is 0.480 e. The molecular formula is C4H6O6S2. The molecule has 0 radical (unpaired) electrons. The predicted molar refractivity (Wildman–Crippen MR) is 39.0 cm³/mol. The SMILES string of the molecule is O=C(O)C1CS(=O)(=O)CS1(=O)=O. The van der Waals surface area contributed by atoms with Crippen LogP contribution < -0.4 is 0 Å². The van der Waals surface area contributed by atoms with Gasteiger partial charge in [0.25, 0.3) is 0 Å². The topological polar surface area (TPSA) is 106 Å². The number of carboxylic acids is 1. The van der Waals surface area contributed by atoms with Crippen molar-refractivity contribution in [1.29, 1.82) is 0 Å². The zero-order chi connectivity index (χ0) is 9.57. The van der Waals surface area contributed by atoms with Crippen LogP contribution >= 0.6 is 0 Å². The van der Waals surface area contributed by atoms with E-state index in [9.17, 15) is 21.6 Å². The molecule has 1 N–H and O–H groups in total. The molecule has 0 aromatic carbocycles. The molecular weight excluding hydrogens is 208 g/mol. The molecule has 70 valence electrons. The summed E-state index contributed by atoms with van der Waals surface area (Å²) in [6.07, 6.45) is 0. The first kappa shape index (κ1) is 9.46. The lowest BCUT2D eigenvalue weighted by Gasteiger charge is -1.97. The van der Waals surface area contributed by atoms with Crippen LogP contribution in [-0.4, -0.2) is 44.0 Å². The molecule has 1 aliphatic rings. The van der Waals surface area contributed by atoms with E-state index >= 15 is 0 Å². The van der Waals surface area contributed by atoms with Crippen molar-refractivity contribution in [3.05, 3.63) is 0 Å². The van der Waals surface area contributed by atoms with Crippen molar-refractivity contribution < 1.29 is 26.7 Å². The Morgan fingerprint density at radius 2 is 1.75 bits per heavy atom. The number of hydrogen-bond acceptors (Lipinski definition) is 5. The van der Waals surface area contributed by atoms with E-state index in [4.69, 9.17) is 5.11 Å². The van der Waals surface area contributed by atoms with E-state index in [-0.39, 0.29) is 0 Å². The van der Waals surface area contributed by atoms with Gasteiger partial charge in [-0.15, -0.1) is 0 Å². The van der Waals surface area contributed by atoms with Crippen LogP contribution in [0.2, 0.25) is 0 Å². The summed E-state index contributed by atoms with van der Waals surface area (Å²) in [6.45, 7) is 0. The number of sulfone groups is 2. The maximum absolute atomic E-state index is 10.9. The molecule has 1 unspecified atom stereocenters. The average molecular weight is 214 g/mol. The molecule has 0 aromatic heterocycles.